The lowest BCUT2D eigenvalue weighted by molar-refractivity contribution is -0.137. The molecule has 18 heavy (non-hydrogen) atoms. The molecular formula is C12H11F3N2O. The van der Waals surface area contributed by atoms with Gasteiger partial charge in [-0.15, -0.1) is 0 Å². The molecule has 0 aliphatic rings. The van der Waals surface area contributed by atoms with E-state index in [0.717, 1.165) is 18.2 Å². The monoisotopic (exact) mass is 256 g/mol. The molecule has 0 atom stereocenters. The van der Waals surface area contributed by atoms with E-state index in [-0.39, 0.29) is 5.56 Å². The van der Waals surface area contributed by atoms with E-state index in [1.54, 1.807) is 0 Å². The molecule has 0 spiro atoms. The summed E-state index contributed by atoms with van der Waals surface area (Å²) < 4.78 is 37.4. The lowest BCUT2D eigenvalue weighted by atomic mass is 10.1. The topological polar surface area (TPSA) is 52.9 Å². The number of rotatable bonds is 2. The Labute approximate surface area is 102 Å². The number of nitriles is 1. The molecule has 3 nitrogen and oxygen atoms in total. The third-order valence-corrected chi connectivity index (χ3v) is 2.16. The summed E-state index contributed by atoms with van der Waals surface area (Å²) in [5.41, 5.74) is -2.16. The van der Waals surface area contributed by atoms with E-state index in [1.807, 2.05) is 6.07 Å². The summed E-state index contributed by atoms with van der Waals surface area (Å²) in [6, 6.07) is 5.88. The quantitative estimate of drug-likeness (QED) is 0.884. The van der Waals surface area contributed by atoms with Crippen LogP contribution in [-0.2, 0) is 6.18 Å². The van der Waals surface area contributed by atoms with Gasteiger partial charge in [0.1, 0.15) is 5.54 Å². The van der Waals surface area contributed by atoms with E-state index in [2.05, 4.69) is 5.32 Å². The lowest BCUT2D eigenvalue weighted by Gasteiger charge is -2.17. The molecule has 1 aromatic carbocycles. The molecule has 0 bridgehead atoms. The zero-order valence-corrected chi connectivity index (χ0v) is 9.80. The highest BCUT2D eigenvalue weighted by atomic mass is 19.4. The fourth-order valence-corrected chi connectivity index (χ4v) is 1.22. The Hall–Kier alpha value is -2.03. The minimum absolute atomic E-state index is 0.131. The van der Waals surface area contributed by atoms with Gasteiger partial charge in [-0.25, -0.2) is 0 Å². The highest BCUT2D eigenvalue weighted by molar-refractivity contribution is 5.95. The van der Waals surface area contributed by atoms with Gasteiger partial charge in [0.25, 0.3) is 5.91 Å². The number of nitrogens with one attached hydrogen (secondary N) is 1. The van der Waals surface area contributed by atoms with Crippen LogP contribution in [0.3, 0.4) is 0 Å². The van der Waals surface area contributed by atoms with Crippen molar-refractivity contribution < 1.29 is 18.0 Å². The Kier molecular flexibility index (Phi) is 3.65. The number of carbonyl (C=O) groups excluding carboxylic acids is 1. The number of carbonyl (C=O) groups is 1. The number of hydrogen-bond donors (Lipinski definition) is 1. The van der Waals surface area contributed by atoms with Crippen molar-refractivity contribution >= 4 is 5.91 Å². The normalized spacial score (nSPS) is 11.8. The maximum absolute atomic E-state index is 12.5. The van der Waals surface area contributed by atoms with Crippen LogP contribution in [0.5, 0.6) is 0 Å². The van der Waals surface area contributed by atoms with Crippen molar-refractivity contribution in [1.82, 2.24) is 5.32 Å². The van der Waals surface area contributed by atoms with E-state index in [1.165, 1.54) is 19.9 Å². The van der Waals surface area contributed by atoms with Gasteiger partial charge in [0.05, 0.1) is 11.6 Å². The van der Waals surface area contributed by atoms with Gasteiger partial charge in [0.2, 0.25) is 0 Å². The summed E-state index contributed by atoms with van der Waals surface area (Å²) in [7, 11) is 0. The zero-order valence-electron chi connectivity index (χ0n) is 9.80. The van der Waals surface area contributed by atoms with Gasteiger partial charge in [0, 0.05) is 5.56 Å². The van der Waals surface area contributed by atoms with Crippen molar-refractivity contribution in [3.8, 4) is 6.07 Å². The number of amides is 1. The molecule has 96 valence electrons. The Balaban J connectivity index is 2.99. The minimum Gasteiger partial charge on any atom is -0.334 e. The zero-order chi connectivity index (χ0) is 14.0. The van der Waals surface area contributed by atoms with Crippen molar-refractivity contribution in [1.29, 1.82) is 5.26 Å². The standard InChI is InChI=1S/C12H11F3N2O/c1-11(2,7-16)17-10(18)8-4-3-5-9(6-8)12(13,14)15/h3-6H,1-2H3,(H,17,18). The molecule has 0 radical (unpaired) electrons. The van der Waals surface area contributed by atoms with Crippen molar-refractivity contribution in [3.63, 3.8) is 0 Å². The molecule has 0 aliphatic heterocycles. The predicted molar refractivity (Wildman–Crippen MR) is 58.6 cm³/mol. The summed E-state index contributed by atoms with van der Waals surface area (Å²) in [5.74, 6) is -0.715. The first-order valence-electron chi connectivity index (χ1n) is 5.07. The van der Waals surface area contributed by atoms with Gasteiger partial charge < -0.3 is 5.32 Å². The first-order chi connectivity index (χ1) is 8.15. The summed E-state index contributed by atoms with van der Waals surface area (Å²) in [5, 5.41) is 11.1. The van der Waals surface area contributed by atoms with Crippen LogP contribution >= 0.6 is 0 Å². The van der Waals surface area contributed by atoms with Gasteiger partial charge >= 0.3 is 6.18 Å². The second-order valence-corrected chi connectivity index (χ2v) is 4.27. The summed E-state index contributed by atoms with van der Waals surface area (Å²) >= 11 is 0. The highest BCUT2D eigenvalue weighted by Crippen LogP contribution is 2.29. The van der Waals surface area contributed by atoms with Crippen LogP contribution in [0.25, 0.3) is 0 Å². The maximum Gasteiger partial charge on any atom is 0.416 e. The van der Waals surface area contributed by atoms with Gasteiger partial charge in [-0.3, -0.25) is 4.79 Å². The molecule has 6 heteroatoms. The fraction of sp³-hybridized carbons (Fsp3) is 0.333. The molecule has 1 aromatic rings. The minimum atomic E-state index is -4.50. The van der Waals surface area contributed by atoms with E-state index < -0.39 is 23.2 Å². The molecule has 0 aromatic heterocycles. The Morgan fingerprint density at radius 3 is 2.44 bits per heavy atom. The predicted octanol–water partition coefficient (Wildman–Crippen LogP) is 2.74. The van der Waals surface area contributed by atoms with E-state index in [4.69, 9.17) is 5.26 Å². The fourth-order valence-electron chi connectivity index (χ4n) is 1.22. The largest absolute Gasteiger partial charge is 0.416 e. The number of hydrogen-bond acceptors (Lipinski definition) is 2. The van der Waals surface area contributed by atoms with Crippen LogP contribution in [0.4, 0.5) is 13.2 Å². The molecule has 0 aliphatic carbocycles. The third-order valence-electron chi connectivity index (χ3n) is 2.16. The Morgan fingerprint density at radius 2 is 1.94 bits per heavy atom. The summed E-state index contributed by atoms with van der Waals surface area (Å²) in [6.07, 6.45) is -4.50. The average molecular weight is 256 g/mol. The van der Waals surface area contributed by atoms with Gasteiger partial charge in [-0.1, -0.05) is 6.07 Å². The number of alkyl halides is 3. The smallest absolute Gasteiger partial charge is 0.334 e. The highest BCUT2D eigenvalue weighted by Gasteiger charge is 2.31. The van der Waals surface area contributed by atoms with E-state index in [9.17, 15) is 18.0 Å². The number of halogens is 3. The van der Waals surface area contributed by atoms with Crippen LogP contribution in [0.1, 0.15) is 29.8 Å². The summed E-state index contributed by atoms with van der Waals surface area (Å²) in [4.78, 5) is 11.7. The second-order valence-electron chi connectivity index (χ2n) is 4.27. The molecule has 1 N–H and O–H groups in total. The van der Waals surface area contributed by atoms with Gasteiger partial charge in [-0.05, 0) is 32.0 Å². The average Bonchev–Trinajstić information content (AvgIpc) is 2.27. The first-order valence-corrected chi connectivity index (χ1v) is 5.07. The van der Waals surface area contributed by atoms with E-state index in [0.29, 0.717) is 0 Å². The molecule has 0 fully saturated rings. The van der Waals surface area contributed by atoms with E-state index >= 15 is 0 Å². The molecular weight excluding hydrogens is 245 g/mol. The molecule has 0 heterocycles. The number of nitrogens with zero attached hydrogens (tertiary/aromatic N) is 1. The Bertz CT molecular complexity index is 501. The van der Waals surface area contributed by atoms with Gasteiger partial charge in [-0.2, -0.15) is 18.4 Å². The lowest BCUT2D eigenvalue weighted by Crippen LogP contribution is -2.42. The van der Waals surface area contributed by atoms with Crippen molar-refractivity contribution in [2.45, 2.75) is 25.6 Å². The number of benzene rings is 1. The van der Waals surface area contributed by atoms with Crippen molar-refractivity contribution in [2.75, 3.05) is 0 Å². The summed E-state index contributed by atoms with van der Waals surface area (Å²) in [6.45, 7) is 2.91. The second kappa shape index (κ2) is 4.69. The molecule has 1 rings (SSSR count). The SMILES string of the molecule is CC(C)(C#N)NC(=O)c1cccc(C(F)(F)F)c1. The van der Waals surface area contributed by atoms with Crippen molar-refractivity contribution in [2.24, 2.45) is 0 Å². The van der Waals surface area contributed by atoms with Crippen LogP contribution in [0.2, 0.25) is 0 Å². The Morgan fingerprint density at radius 1 is 1.33 bits per heavy atom. The van der Waals surface area contributed by atoms with Crippen LogP contribution < -0.4 is 5.32 Å². The first kappa shape index (κ1) is 14.0. The van der Waals surface area contributed by atoms with Crippen LogP contribution in [-0.4, -0.2) is 11.4 Å². The molecule has 1 amide bonds. The van der Waals surface area contributed by atoms with Gasteiger partial charge in [0.15, 0.2) is 0 Å². The van der Waals surface area contributed by atoms with Crippen LogP contribution in [0, 0.1) is 11.3 Å². The molecule has 0 saturated carbocycles. The van der Waals surface area contributed by atoms with Crippen molar-refractivity contribution in [3.05, 3.63) is 35.4 Å². The molecule has 0 unspecified atom stereocenters. The third kappa shape index (κ3) is 3.48. The maximum atomic E-state index is 12.5. The molecule has 0 saturated heterocycles. The van der Waals surface area contributed by atoms with Crippen LogP contribution in [0.15, 0.2) is 24.3 Å².